The van der Waals surface area contributed by atoms with Crippen molar-refractivity contribution < 1.29 is 20.4 Å². The Labute approximate surface area is 150 Å². The predicted octanol–water partition coefficient (Wildman–Crippen LogP) is 2.17. The van der Waals surface area contributed by atoms with Gasteiger partial charge in [-0.2, -0.15) is 0 Å². The Bertz CT molecular complexity index is 611. The third-order valence-corrected chi connectivity index (χ3v) is 8.21. The molecule has 25 heavy (non-hydrogen) atoms. The van der Waals surface area contributed by atoms with Crippen LogP contribution in [0.5, 0.6) is 0 Å². The highest BCUT2D eigenvalue weighted by molar-refractivity contribution is 5.40. The first kappa shape index (κ1) is 17.7. The molecule has 0 radical (unpaired) electrons. The summed E-state index contributed by atoms with van der Waals surface area (Å²) in [7, 11) is 0. The molecule has 0 aromatic heterocycles. The molecule has 4 aliphatic rings. The van der Waals surface area contributed by atoms with Crippen molar-refractivity contribution in [2.75, 3.05) is 6.61 Å². The number of aliphatic hydroxyl groups excluding tert-OH is 4. The molecule has 0 aliphatic heterocycles. The smallest absolute Gasteiger partial charge is 0.0804 e. The molecule has 0 amide bonds. The van der Waals surface area contributed by atoms with Gasteiger partial charge in [0.2, 0.25) is 0 Å². The molecule has 3 saturated carbocycles. The van der Waals surface area contributed by atoms with Crippen molar-refractivity contribution in [3.05, 3.63) is 23.3 Å². The summed E-state index contributed by atoms with van der Waals surface area (Å²) >= 11 is 0. The molecule has 2 unspecified atom stereocenters. The maximum atomic E-state index is 11.2. The van der Waals surface area contributed by atoms with Gasteiger partial charge in [0.05, 0.1) is 24.9 Å². The van der Waals surface area contributed by atoms with Crippen molar-refractivity contribution in [3.8, 4) is 0 Å². The quantitative estimate of drug-likeness (QED) is 0.616. The number of aliphatic hydroxyl groups is 4. The number of fused-ring (bicyclic) bond motifs is 5. The average molecular weight is 348 g/mol. The van der Waals surface area contributed by atoms with E-state index in [1.54, 1.807) is 0 Å². The van der Waals surface area contributed by atoms with Crippen LogP contribution in [-0.2, 0) is 0 Å². The van der Waals surface area contributed by atoms with Gasteiger partial charge in [0.1, 0.15) is 0 Å². The zero-order valence-corrected chi connectivity index (χ0v) is 15.4. The van der Waals surface area contributed by atoms with Crippen molar-refractivity contribution >= 4 is 0 Å². The van der Waals surface area contributed by atoms with E-state index in [-0.39, 0.29) is 35.4 Å². The average Bonchev–Trinajstić information content (AvgIpc) is 2.91. The van der Waals surface area contributed by atoms with E-state index in [1.807, 2.05) is 0 Å². The van der Waals surface area contributed by atoms with Crippen molar-refractivity contribution in [3.63, 3.8) is 0 Å². The molecule has 4 N–H and O–H groups in total. The molecule has 3 fully saturated rings. The Kier molecular flexibility index (Phi) is 4.19. The fourth-order valence-electron chi connectivity index (χ4n) is 6.91. The Morgan fingerprint density at radius 2 is 1.92 bits per heavy atom. The maximum absolute atomic E-state index is 11.2. The molecular weight excluding hydrogens is 316 g/mol. The molecule has 4 heteroatoms. The monoisotopic (exact) mass is 348 g/mol. The summed E-state index contributed by atoms with van der Waals surface area (Å²) in [5.41, 5.74) is 2.42. The molecule has 0 heterocycles. The Morgan fingerprint density at radius 1 is 1.16 bits per heavy atom. The fourth-order valence-corrected chi connectivity index (χ4v) is 6.91. The highest BCUT2D eigenvalue weighted by Crippen LogP contribution is 2.65. The largest absolute Gasteiger partial charge is 0.394 e. The minimum absolute atomic E-state index is 0.0466. The molecule has 4 aliphatic carbocycles. The third-order valence-electron chi connectivity index (χ3n) is 8.21. The van der Waals surface area contributed by atoms with Crippen LogP contribution in [0, 0.1) is 28.6 Å². The van der Waals surface area contributed by atoms with Crippen LogP contribution in [0.1, 0.15) is 52.4 Å². The van der Waals surface area contributed by atoms with Gasteiger partial charge in [-0.3, -0.25) is 0 Å². The summed E-state index contributed by atoms with van der Waals surface area (Å²) in [6.45, 7) is 4.26. The van der Waals surface area contributed by atoms with Crippen LogP contribution in [0.3, 0.4) is 0 Å². The molecule has 8 atom stereocenters. The van der Waals surface area contributed by atoms with Crippen molar-refractivity contribution in [1.29, 1.82) is 0 Å². The SMILES string of the molecule is C[C@]12CC(O)[C@H]3C(=CC=C4CC(O)CC[C@@]43C)[C@@H]1CC[C@@H]2[C@H](O)CO. The van der Waals surface area contributed by atoms with Crippen molar-refractivity contribution in [1.82, 2.24) is 0 Å². The summed E-state index contributed by atoms with van der Waals surface area (Å²) < 4.78 is 0. The maximum Gasteiger partial charge on any atom is 0.0804 e. The van der Waals surface area contributed by atoms with Gasteiger partial charge in [-0.1, -0.05) is 37.1 Å². The standard InChI is InChI=1S/C21H32O4/c1-20-8-7-13(23)9-12(20)3-4-14-15-5-6-16(18(25)11-22)21(15,2)10-17(24)19(14)20/h3-4,13,15-19,22-25H,5-11H2,1-2H3/t13?,15-,16+,17?,18+,19+,20-,21-/m0/s1. The Morgan fingerprint density at radius 3 is 2.64 bits per heavy atom. The van der Waals surface area contributed by atoms with Crippen LogP contribution in [0.15, 0.2) is 23.3 Å². The lowest BCUT2D eigenvalue weighted by molar-refractivity contribution is -0.0741. The summed E-state index contributed by atoms with van der Waals surface area (Å²) in [5.74, 6) is 0.544. The number of hydrogen-bond donors (Lipinski definition) is 4. The Balaban J connectivity index is 1.73. The van der Waals surface area contributed by atoms with Crippen LogP contribution in [0.4, 0.5) is 0 Å². The van der Waals surface area contributed by atoms with Crippen molar-refractivity contribution in [2.24, 2.45) is 28.6 Å². The van der Waals surface area contributed by atoms with E-state index in [2.05, 4.69) is 26.0 Å². The lowest BCUT2D eigenvalue weighted by Crippen LogP contribution is -2.53. The molecule has 4 rings (SSSR count). The zero-order valence-electron chi connectivity index (χ0n) is 15.4. The second-order valence-corrected chi connectivity index (χ2v) is 9.41. The second-order valence-electron chi connectivity index (χ2n) is 9.41. The summed E-state index contributed by atoms with van der Waals surface area (Å²) in [6.07, 6.45) is 8.09. The third kappa shape index (κ3) is 2.41. The van der Waals surface area contributed by atoms with Gasteiger partial charge in [-0.05, 0) is 61.2 Å². The molecule has 0 aromatic carbocycles. The van der Waals surface area contributed by atoms with Crippen molar-refractivity contribution in [2.45, 2.75) is 70.7 Å². The minimum atomic E-state index is -0.700. The van der Waals surface area contributed by atoms with Gasteiger partial charge in [0.15, 0.2) is 0 Å². The molecular formula is C21H32O4. The molecule has 0 bridgehead atoms. The van der Waals surface area contributed by atoms with Crippen LogP contribution in [0.2, 0.25) is 0 Å². The van der Waals surface area contributed by atoms with E-state index in [0.29, 0.717) is 12.3 Å². The van der Waals surface area contributed by atoms with E-state index >= 15 is 0 Å². The number of allylic oxidation sites excluding steroid dienone is 2. The first-order valence-electron chi connectivity index (χ1n) is 9.87. The minimum Gasteiger partial charge on any atom is -0.394 e. The Hall–Kier alpha value is -0.680. The normalized spacial score (nSPS) is 50.2. The van der Waals surface area contributed by atoms with Gasteiger partial charge in [-0.15, -0.1) is 0 Å². The predicted molar refractivity (Wildman–Crippen MR) is 95.7 cm³/mol. The lowest BCUT2D eigenvalue weighted by Gasteiger charge is -2.56. The highest BCUT2D eigenvalue weighted by Gasteiger charge is 2.60. The molecule has 0 aromatic rings. The van der Waals surface area contributed by atoms with Crippen LogP contribution in [-0.4, -0.2) is 45.3 Å². The van der Waals surface area contributed by atoms with E-state index < -0.39 is 12.2 Å². The summed E-state index contributed by atoms with van der Waals surface area (Å²) in [5, 5.41) is 41.0. The first-order chi connectivity index (χ1) is 11.8. The van der Waals surface area contributed by atoms with Crippen LogP contribution < -0.4 is 0 Å². The van der Waals surface area contributed by atoms with E-state index in [9.17, 15) is 20.4 Å². The van der Waals surface area contributed by atoms with Gasteiger partial charge in [-0.25, -0.2) is 0 Å². The molecule has 0 spiro atoms. The number of rotatable bonds is 2. The molecule has 4 nitrogen and oxygen atoms in total. The van der Waals surface area contributed by atoms with Crippen LogP contribution >= 0.6 is 0 Å². The highest BCUT2D eigenvalue weighted by atomic mass is 16.3. The molecule has 140 valence electrons. The molecule has 0 saturated heterocycles. The van der Waals surface area contributed by atoms with E-state index in [4.69, 9.17) is 0 Å². The summed E-state index contributed by atoms with van der Waals surface area (Å²) in [4.78, 5) is 0. The van der Waals surface area contributed by atoms with E-state index in [0.717, 1.165) is 32.1 Å². The second kappa shape index (κ2) is 5.91. The van der Waals surface area contributed by atoms with Gasteiger partial charge in [0, 0.05) is 5.92 Å². The van der Waals surface area contributed by atoms with Gasteiger partial charge < -0.3 is 20.4 Å². The summed E-state index contributed by atoms with van der Waals surface area (Å²) in [6, 6.07) is 0. The number of hydrogen-bond acceptors (Lipinski definition) is 4. The van der Waals surface area contributed by atoms with E-state index in [1.165, 1.54) is 11.1 Å². The van der Waals surface area contributed by atoms with Crippen LogP contribution in [0.25, 0.3) is 0 Å². The first-order valence-corrected chi connectivity index (χ1v) is 9.87. The topological polar surface area (TPSA) is 80.9 Å². The van der Waals surface area contributed by atoms with Gasteiger partial charge >= 0.3 is 0 Å². The zero-order chi connectivity index (χ0) is 18.0. The van der Waals surface area contributed by atoms with Gasteiger partial charge in [0.25, 0.3) is 0 Å². The fraction of sp³-hybridized carbons (Fsp3) is 0.810. The lowest BCUT2D eigenvalue weighted by atomic mass is 9.49.